The number of nitro benzene ring substituents is 1. The van der Waals surface area contributed by atoms with Crippen molar-refractivity contribution in [3.05, 3.63) is 33.4 Å². The van der Waals surface area contributed by atoms with Gasteiger partial charge in [-0.05, 0) is 6.07 Å². The Hall–Kier alpha value is -1.14. The molecule has 0 atom stereocenters. The van der Waals surface area contributed by atoms with Crippen LogP contribution in [-0.4, -0.2) is 17.1 Å². The highest BCUT2D eigenvalue weighted by Gasteiger charge is 2.17. The number of hydrogen-bond donors (Lipinski definition) is 1. The summed E-state index contributed by atoms with van der Waals surface area (Å²) in [6.07, 6.45) is 0. The Labute approximate surface area is 95.0 Å². The van der Waals surface area contributed by atoms with Gasteiger partial charge in [-0.25, -0.2) is 0 Å². The number of nitro groups is 1. The first kappa shape index (κ1) is 11.9. The van der Waals surface area contributed by atoms with Gasteiger partial charge in [0.2, 0.25) is 0 Å². The zero-order valence-electron chi connectivity index (χ0n) is 8.07. The lowest BCUT2D eigenvalue weighted by atomic mass is 10.1. The number of aliphatic hydroxyl groups is 1. The van der Waals surface area contributed by atoms with Crippen LogP contribution in [0.3, 0.4) is 0 Å². The summed E-state index contributed by atoms with van der Waals surface area (Å²) in [6.45, 7) is -0.285. The van der Waals surface area contributed by atoms with Crippen molar-refractivity contribution in [2.24, 2.45) is 0 Å². The van der Waals surface area contributed by atoms with Gasteiger partial charge in [-0.1, -0.05) is 15.9 Å². The van der Waals surface area contributed by atoms with Gasteiger partial charge in [-0.2, -0.15) is 0 Å². The number of nitrogens with zero attached hydrogens (tertiary/aromatic N) is 1. The van der Waals surface area contributed by atoms with Crippen LogP contribution < -0.4 is 4.74 Å². The van der Waals surface area contributed by atoms with E-state index in [0.29, 0.717) is 22.2 Å². The molecular weight excluding hydrogens is 266 g/mol. The second-order valence-electron chi connectivity index (χ2n) is 2.84. The van der Waals surface area contributed by atoms with Crippen LogP contribution in [0, 0.1) is 10.1 Å². The van der Waals surface area contributed by atoms with Crippen LogP contribution in [0.1, 0.15) is 11.1 Å². The minimum atomic E-state index is -0.477. The van der Waals surface area contributed by atoms with Crippen LogP contribution in [-0.2, 0) is 11.9 Å². The summed E-state index contributed by atoms with van der Waals surface area (Å²) in [7, 11) is 1.46. The van der Waals surface area contributed by atoms with Gasteiger partial charge >= 0.3 is 0 Å². The summed E-state index contributed by atoms with van der Waals surface area (Å²) < 4.78 is 5.01. The SMILES string of the molecule is COc1cc(CBr)c([N+](=O)[O-])cc1CO. The maximum Gasteiger partial charge on any atom is 0.274 e. The topological polar surface area (TPSA) is 72.6 Å². The van der Waals surface area contributed by atoms with E-state index >= 15 is 0 Å². The van der Waals surface area contributed by atoms with Crippen molar-refractivity contribution in [3.8, 4) is 5.75 Å². The molecule has 0 saturated carbocycles. The Kier molecular flexibility index (Phi) is 4.05. The quantitative estimate of drug-likeness (QED) is 0.518. The van der Waals surface area contributed by atoms with Crippen molar-refractivity contribution in [2.45, 2.75) is 11.9 Å². The number of aliphatic hydroxyl groups excluding tert-OH is 1. The predicted molar refractivity (Wildman–Crippen MR) is 58.2 cm³/mol. The molecular formula is C9H10BrNO4. The first-order chi connectivity index (χ1) is 7.13. The maximum absolute atomic E-state index is 10.7. The van der Waals surface area contributed by atoms with Crippen molar-refractivity contribution >= 4 is 21.6 Å². The molecule has 6 heteroatoms. The van der Waals surface area contributed by atoms with Crippen molar-refractivity contribution in [3.63, 3.8) is 0 Å². The highest BCUT2D eigenvalue weighted by atomic mass is 79.9. The van der Waals surface area contributed by atoms with E-state index in [2.05, 4.69) is 15.9 Å². The molecule has 0 radical (unpaired) electrons. The van der Waals surface area contributed by atoms with Crippen molar-refractivity contribution < 1.29 is 14.8 Å². The zero-order valence-corrected chi connectivity index (χ0v) is 9.65. The molecule has 1 N–H and O–H groups in total. The Morgan fingerprint density at radius 2 is 2.20 bits per heavy atom. The Morgan fingerprint density at radius 1 is 1.53 bits per heavy atom. The number of halogens is 1. The fourth-order valence-corrected chi connectivity index (χ4v) is 1.69. The van der Waals surface area contributed by atoms with E-state index in [1.165, 1.54) is 13.2 Å². The fraction of sp³-hybridized carbons (Fsp3) is 0.333. The Balaban J connectivity index is 3.34. The van der Waals surface area contributed by atoms with E-state index in [0.717, 1.165) is 0 Å². The molecule has 0 saturated heterocycles. The third kappa shape index (κ3) is 2.45. The monoisotopic (exact) mass is 275 g/mol. The number of rotatable bonds is 4. The van der Waals surface area contributed by atoms with Crippen LogP contribution in [0.5, 0.6) is 5.75 Å². The average Bonchev–Trinajstić information content (AvgIpc) is 2.26. The van der Waals surface area contributed by atoms with Gasteiger partial charge in [0, 0.05) is 22.5 Å². The summed E-state index contributed by atoms with van der Waals surface area (Å²) in [5.41, 5.74) is 0.916. The summed E-state index contributed by atoms with van der Waals surface area (Å²) >= 11 is 3.16. The van der Waals surface area contributed by atoms with Gasteiger partial charge in [-0.3, -0.25) is 10.1 Å². The highest BCUT2D eigenvalue weighted by Crippen LogP contribution is 2.30. The summed E-state index contributed by atoms with van der Waals surface area (Å²) in [6, 6.07) is 2.88. The lowest BCUT2D eigenvalue weighted by Crippen LogP contribution is -1.99. The average molecular weight is 276 g/mol. The van der Waals surface area contributed by atoms with E-state index in [1.54, 1.807) is 6.07 Å². The molecule has 0 aliphatic rings. The molecule has 0 aliphatic carbocycles. The summed E-state index contributed by atoms with van der Waals surface area (Å²) in [5.74, 6) is 0.456. The molecule has 0 aromatic heterocycles. The molecule has 1 aromatic rings. The Morgan fingerprint density at radius 3 is 2.60 bits per heavy atom. The molecule has 0 spiro atoms. The van der Waals surface area contributed by atoms with E-state index in [1.807, 2.05) is 0 Å². The number of methoxy groups -OCH3 is 1. The van der Waals surface area contributed by atoms with Crippen LogP contribution in [0.2, 0.25) is 0 Å². The van der Waals surface area contributed by atoms with E-state index in [4.69, 9.17) is 9.84 Å². The van der Waals surface area contributed by atoms with Gasteiger partial charge < -0.3 is 9.84 Å². The lowest BCUT2D eigenvalue weighted by Gasteiger charge is -2.08. The number of ether oxygens (including phenoxy) is 1. The number of hydrogen-bond acceptors (Lipinski definition) is 4. The van der Waals surface area contributed by atoms with Crippen molar-refractivity contribution in [1.82, 2.24) is 0 Å². The predicted octanol–water partition coefficient (Wildman–Crippen LogP) is 1.99. The lowest BCUT2D eigenvalue weighted by molar-refractivity contribution is -0.385. The normalized spacial score (nSPS) is 10.1. The highest BCUT2D eigenvalue weighted by molar-refractivity contribution is 9.08. The van der Waals surface area contributed by atoms with Gasteiger partial charge in [0.1, 0.15) is 5.75 Å². The second kappa shape index (κ2) is 5.09. The summed E-state index contributed by atoms with van der Waals surface area (Å²) in [4.78, 5) is 10.2. The molecule has 82 valence electrons. The smallest absolute Gasteiger partial charge is 0.274 e. The fourth-order valence-electron chi connectivity index (χ4n) is 1.24. The second-order valence-corrected chi connectivity index (χ2v) is 3.40. The standard InChI is InChI=1S/C9H10BrNO4/c1-15-9-3-6(4-10)8(11(13)14)2-7(9)5-12/h2-3,12H,4-5H2,1H3. The minimum Gasteiger partial charge on any atom is -0.496 e. The molecule has 1 rings (SSSR count). The number of benzene rings is 1. The van der Waals surface area contributed by atoms with Gasteiger partial charge in [0.05, 0.1) is 18.6 Å². The molecule has 0 fully saturated rings. The molecule has 0 amide bonds. The van der Waals surface area contributed by atoms with Crippen LogP contribution in [0.4, 0.5) is 5.69 Å². The third-order valence-electron chi connectivity index (χ3n) is 1.99. The van der Waals surface area contributed by atoms with Crippen LogP contribution >= 0.6 is 15.9 Å². The molecule has 5 nitrogen and oxygen atoms in total. The Bertz CT molecular complexity index is 381. The van der Waals surface area contributed by atoms with Crippen molar-refractivity contribution in [1.29, 1.82) is 0 Å². The maximum atomic E-state index is 10.7. The van der Waals surface area contributed by atoms with Crippen LogP contribution in [0.25, 0.3) is 0 Å². The first-order valence-electron chi connectivity index (χ1n) is 4.15. The van der Waals surface area contributed by atoms with Gasteiger partial charge in [0.25, 0.3) is 5.69 Å². The summed E-state index contributed by atoms with van der Waals surface area (Å²) in [5, 5.41) is 20.1. The molecule has 1 aromatic carbocycles. The van der Waals surface area contributed by atoms with E-state index < -0.39 is 4.92 Å². The van der Waals surface area contributed by atoms with Gasteiger partial charge in [-0.15, -0.1) is 0 Å². The first-order valence-corrected chi connectivity index (χ1v) is 5.27. The zero-order chi connectivity index (χ0) is 11.4. The van der Waals surface area contributed by atoms with Crippen molar-refractivity contribution in [2.75, 3.05) is 7.11 Å². The molecule has 0 aliphatic heterocycles. The molecule has 0 unspecified atom stereocenters. The van der Waals surface area contributed by atoms with E-state index in [-0.39, 0.29) is 12.3 Å². The largest absolute Gasteiger partial charge is 0.496 e. The molecule has 0 heterocycles. The van der Waals surface area contributed by atoms with Crippen LogP contribution in [0.15, 0.2) is 12.1 Å². The minimum absolute atomic E-state index is 0.0169. The van der Waals surface area contributed by atoms with Gasteiger partial charge in [0.15, 0.2) is 0 Å². The third-order valence-corrected chi connectivity index (χ3v) is 2.60. The molecule has 15 heavy (non-hydrogen) atoms. The molecule has 0 bridgehead atoms. The van der Waals surface area contributed by atoms with E-state index in [9.17, 15) is 10.1 Å². The number of alkyl halides is 1.